The van der Waals surface area contributed by atoms with Crippen LogP contribution in [-0.4, -0.2) is 7.11 Å². The van der Waals surface area contributed by atoms with Gasteiger partial charge in [-0.05, 0) is 47.7 Å². The Bertz CT molecular complexity index is 735. The summed E-state index contributed by atoms with van der Waals surface area (Å²) in [5.74, 6) is 0.884. The Labute approximate surface area is 136 Å². The van der Waals surface area contributed by atoms with E-state index in [4.69, 9.17) is 10.5 Å². The van der Waals surface area contributed by atoms with E-state index >= 15 is 0 Å². The third kappa shape index (κ3) is 3.12. The Morgan fingerprint density at radius 2 is 2.00 bits per heavy atom. The van der Waals surface area contributed by atoms with Crippen LogP contribution in [0.25, 0.3) is 10.1 Å². The van der Waals surface area contributed by atoms with Gasteiger partial charge in [-0.15, -0.1) is 11.3 Å². The van der Waals surface area contributed by atoms with Crippen LogP contribution in [0.4, 0.5) is 0 Å². The molecule has 1 heterocycles. The number of methoxy groups -OCH3 is 1. The predicted octanol–water partition coefficient (Wildman–Crippen LogP) is 4.91. The molecule has 0 aliphatic rings. The van der Waals surface area contributed by atoms with Gasteiger partial charge in [0.25, 0.3) is 0 Å². The maximum absolute atomic E-state index is 6.40. The molecular weight excluding hydrogens is 346 g/mol. The molecule has 2 nitrogen and oxygen atoms in total. The lowest BCUT2D eigenvalue weighted by atomic mass is 10.0. The van der Waals surface area contributed by atoms with Crippen molar-refractivity contribution in [1.29, 1.82) is 0 Å². The largest absolute Gasteiger partial charge is 0.496 e. The van der Waals surface area contributed by atoms with E-state index in [1.54, 1.807) is 18.4 Å². The molecule has 0 aliphatic heterocycles. The standard InChI is InChI=1S/C17H16BrNOS/c1-20-15-7-6-13(18)8-12(15)9-14(19)17-10-11-4-2-3-5-16(11)21-17/h2-8,10,14H,9,19H2,1H3. The minimum absolute atomic E-state index is 0.0226. The number of nitrogens with two attached hydrogens (primary N) is 1. The van der Waals surface area contributed by atoms with Crippen molar-refractivity contribution >= 4 is 37.4 Å². The number of hydrogen-bond acceptors (Lipinski definition) is 3. The molecule has 0 amide bonds. The van der Waals surface area contributed by atoms with Crippen LogP contribution in [0.1, 0.15) is 16.5 Å². The lowest BCUT2D eigenvalue weighted by Crippen LogP contribution is -2.12. The van der Waals surface area contributed by atoms with Crippen LogP contribution in [0.2, 0.25) is 0 Å². The van der Waals surface area contributed by atoms with Gasteiger partial charge < -0.3 is 10.5 Å². The second-order valence-electron chi connectivity index (χ2n) is 4.95. The zero-order valence-corrected chi connectivity index (χ0v) is 14.1. The van der Waals surface area contributed by atoms with Crippen LogP contribution in [0.15, 0.2) is 53.0 Å². The molecule has 2 aromatic carbocycles. The second-order valence-corrected chi connectivity index (χ2v) is 6.98. The minimum atomic E-state index is -0.0226. The second kappa shape index (κ2) is 6.18. The number of halogens is 1. The lowest BCUT2D eigenvalue weighted by Gasteiger charge is -2.13. The molecule has 0 saturated heterocycles. The average Bonchev–Trinajstić information content (AvgIpc) is 2.91. The molecule has 2 N–H and O–H groups in total. The van der Waals surface area contributed by atoms with Gasteiger partial charge in [-0.25, -0.2) is 0 Å². The van der Waals surface area contributed by atoms with Crippen LogP contribution in [0.3, 0.4) is 0 Å². The minimum Gasteiger partial charge on any atom is -0.496 e. The summed E-state index contributed by atoms with van der Waals surface area (Å²) < 4.78 is 7.75. The predicted molar refractivity (Wildman–Crippen MR) is 93.2 cm³/mol. The van der Waals surface area contributed by atoms with Crippen LogP contribution in [0.5, 0.6) is 5.75 Å². The first kappa shape index (κ1) is 14.6. The summed E-state index contributed by atoms with van der Waals surface area (Å²) in [5, 5.41) is 1.26. The molecule has 21 heavy (non-hydrogen) atoms. The Hall–Kier alpha value is -1.36. The van der Waals surface area contributed by atoms with Crippen molar-refractivity contribution in [3.8, 4) is 5.75 Å². The van der Waals surface area contributed by atoms with Gasteiger partial charge in [0.05, 0.1) is 7.11 Å². The number of benzene rings is 2. The highest BCUT2D eigenvalue weighted by molar-refractivity contribution is 9.10. The first-order chi connectivity index (χ1) is 10.2. The zero-order valence-electron chi connectivity index (χ0n) is 11.7. The number of thiophene rings is 1. The summed E-state index contributed by atoms with van der Waals surface area (Å²) in [6.45, 7) is 0. The molecule has 0 bridgehead atoms. The molecule has 1 aromatic heterocycles. The Balaban J connectivity index is 1.89. The van der Waals surface area contributed by atoms with Gasteiger partial charge in [-0.1, -0.05) is 34.1 Å². The fourth-order valence-corrected chi connectivity index (χ4v) is 3.90. The highest BCUT2D eigenvalue weighted by Crippen LogP contribution is 2.32. The van der Waals surface area contributed by atoms with Crippen LogP contribution >= 0.6 is 27.3 Å². The number of rotatable bonds is 4. The van der Waals surface area contributed by atoms with E-state index < -0.39 is 0 Å². The summed E-state index contributed by atoms with van der Waals surface area (Å²) in [7, 11) is 1.69. The first-order valence-corrected chi connectivity index (χ1v) is 8.35. The molecular formula is C17H16BrNOS. The van der Waals surface area contributed by atoms with Crippen LogP contribution in [0, 0.1) is 0 Å². The molecule has 1 atom stereocenters. The van der Waals surface area contributed by atoms with Crippen molar-refractivity contribution in [1.82, 2.24) is 0 Å². The number of hydrogen-bond donors (Lipinski definition) is 1. The molecule has 3 aromatic rings. The van der Waals surface area contributed by atoms with Crippen LogP contribution in [-0.2, 0) is 6.42 Å². The van der Waals surface area contributed by atoms with Gasteiger partial charge >= 0.3 is 0 Å². The SMILES string of the molecule is COc1ccc(Br)cc1CC(N)c1cc2ccccc2s1. The average molecular weight is 362 g/mol. The normalized spacial score (nSPS) is 12.5. The van der Waals surface area contributed by atoms with Crippen molar-refractivity contribution in [2.75, 3.05) is 7.11 Å². The summed E-state index contributed by atoms with van der Waals surface area (Å²) in [5.41, 5.74) is 7.53. The topological polar surface area (TPSA) is 35.2 Å². The smallest absolute Gasteiger partial charge is 0.122 e. The fourth-order valence-electron chi connectivity index (χ4n) is 2.43. The van der Waals surface area contributed by atoms with Crippen LogP contribution < -0.4 is 10.5 Å². The third-order valence-corrected chi connectivity index (χ3v) is 5.23. The molecule has 0 spiro atoms. The number of fused-ring (bicyclic) bond motifs is 1. The summed E-state index contributed by atoms with van der Waals surface area (Å²) in [6.07, 6.45) is 0.759. The summed E-state index contributed by atoms with van der Waals surface area (Å²) in [6, 6.07) is 16.6. The van der Waals surface area contributed by atoms with Crippen molar-refractivity contribution < 1.29 is 4.74 Å². The van der Waals surface area contributed by atoms with E-state index in [1.807, 2.05) is 12.1 Å². The van der Waals surface area contributed by atoms with Gasteiger partial charge in [-0.2, -0.15) is 0 Å². The van der Waals surface area contributed by atoms with E-state index in [0.717, 1.165) is 22.2 Å². The van der Waals surface area contributed by atoms with Crippen molar-refractivity contribution in [3.63, 3.8) is 0 Å². The third-order valence-electron chi connectivity index (χ3n) is 3.49. The van der Waals surface area contributed by atoms with E-state index in [2.05, 4.69) is 52.3 Å². The maximum Gasteiger partial charge on any atom is 0.122 e. The zero-order chi connectivity index (χ0) is 14.8. The highest BCUT2D eigenvalue weighted by atomic mass is 79.9. The van der Waals surface area contributed by atoms with E-state index in [9.17, 15) is 0 Å². The highest BCUT2D eigenvalue weighted by Gasteiger charge is 2.14. The summed E-state index contributed by atoms with van der Waals surface area (Å²) in [4.78, 5) is 1.21. The molecule has 0 saturated carbocycles. The quantitative estimate of drug-likeness (QED) is 0.715. The Kier molecular flexibility index (Phi) is 4.29. The first-order valence-electron chi connectivity index (χ1n) is 6.74. The Morgan fingerprint density at radius 1 is 1.19 bits per heavy atom. The van der Waals surface area contributed by atoms with Gasteiger partial charge in [0.2, 0.25) is 0 Å². The van der Waals surface area contributed by atoms with E-state index in [-0.39, 0.29) is 6.04 Å². The van der Waals surface area contributed by atoms with E-state index in [1.165, 1.54) is 15.0 Å². The monoisotopic (exact) mass is 361 g/mol. The molecule has 0 radical (unpaired) electrons. The van der Waals surface area contributed by atoms with Gasteiger partial charge in [-0.3, -0.25) is 0 Å². The lowest BCUT2D eigenvalue weighted by molar-refractivity contribution is 0.408. The van der Waals surface area contributed by atoms with Crippen molar-refractivity contribution in [3.05, 3.63) is 63.4 Å². The maximum atomic E-state index is 6.40. The van der Waals surface area contributed by atoms with Crippen molar-refractivity contribution in [2.45, 2.75) is 12.5 Å². The molecule has 4 heteroatoms. The van der Waals surface area contributed by atoms with Crippen molar-refractivity contribution in [2.24, 2.45) is 5.73 Å². The number of ether oxygens (including phenoxy) is 1. The van der Waals surface area contributed by atoms with Gasteiger partial charge in [0.1, 0.15) is 5.75 Å². The fraction of sp³-hybridized carbons (Fsp3) is 0.176. The van der Waals surface area contributed by atoms with E-state index in [0.29, 0.717) is 0 Å². The molecule has 108 valence electrons. The summed E-state index contributed by atoms with van der Waals surface area (Å²) >= 11 is 5.27. The Morgan fingerprint density at radius 3 is 2.76 bits per heavy atom. The molecule has 1 unspecified atom stereocenters. The van der Waals surface area contributed by atoms with Gasteiger partial charge in [0.15, 0.2) is 0 Å². The van der Waals surface area contributed by atoms with Gasteiger partial charge in [0, 0.05) is 20.1 Å². The molecule has 0 aliphatic carbocycles. The molecule has 0 fully saturated rings. The molecule has 3 rings (SSSR count).